The van der Waals surface area contributed by atoms with Crippen molar-refractivity contribution >= 4 is 23.4 Å². The zero-order valence-electron chi connectivity index (χ0n) is 15.9. The molecular weight excluding hydrogens is 344 g/mol. The number of nitrogens with one attached hydrogen (secondary N) is 1. The predicted molar refractivity (Wildman–Crippen MR) is 103 cm³/mol. The monoisotopic (exact) mass is 372 g/mol. The summed E-state index contributed by atoms with van der Waals surface area (Å²) in [6.07, 6.45) is 2.21. The van der Waals surface area contributed by atoms with Crippen LogP contribution in [0.3, 0.4) is 0 Å². The van der Waals surface area contributed by atoms with Gasteiger partial charge in [-0.3, -0.25) is 14.4 Å². The predicted octanol–water partition coefficient (Wildman–Crippen LogP) is 0.772. The Hall–Kier alpha value is -2.57. The van der Waals surface area contributed by atoms with E-state index in [9.17, 15) is 14.4 Å². The van der Waals surface area contributed by atoms with Gasteiger partial charge in [0.25, 0.3) is 0 Å². The number of hydrogen-bond donors (Lipinski definition) is 1. The van der Waals surface area contributed by atoms with Gasteiger partial charge in [0.2, 0.25) is 5.91 Å². The standard InChI is InChI=1S/C20H28N4O3/c1-16-5-2-6-17(15-16)22-11-13-24(14-12-22)20(27)19(26)21-8-4-10-23-9-3-7-18(23)25/h2,5-6,15H,3-4,7-14H2,1H3,(H,21,26). The minimum atomic E-state index is -0.549. The van der Waals surface area contributed by atoms with Gasteiger partial charge in [0.05, 0.1) is 0 Å². The Morgan fingerprint density at radius 2 is 1.89 bits per heavy atom. The van der Waals surface area contributed by atoms with Crippen molar-refractivity contribution in [1.29, 1.82) is 0 Å². The molecule has 2 heterocycles. The van der Waals surface area contributed by atoms with Crippen molar-refractivity contribution in [2.75, 3.05) is 50.7 Å². The van der Waals surface area contributed by atoms with Crippen molar-refractivity contribution in [3.05, 3.63) is 29.8 Å². The summed E-state index contributed by atoms with van der Waals surface area (Å²) in [5.41, 5.74) is 2.36. The molecule has 0 unspecified atom stereocenters. The molecule has 27 heavy (non-hydrogen) atoms. The van der Waals surface area contributed by atoms with E-state index in [0.717, 1.165) is 31.7 Å². The second-order valence-electron chi connectivity index (χ2n) is 7.21. The molecule has 0 aromatic heterocycles. The molecule has 0 saturated carbocycles. The van der Waals surface area contributed by atoms with Crippen molar-refractivity contribution in [2.24, 2.45) is 0 Å². The highest BCUT2D eigenvalue weighted by atomic mass is 16.2. The third kappa shape index (κ3) is 4.99. The van der Waals surface area contributed by atoms with Crippen molar-refractivity contribution < 1.29 is 14.4 Å². The topological polar surface area (TPSA) is 73.0 Å². The number of carbonyl (C=O) groups excluding carboxylic acids is 3. The number of likely N-dealkylation sites (tertiary alicyclic amines) is 1. The number of nitrogens with zero attached hydrogens (tertiary/aromatic N) is 3. The van der Waals surface area contributed by atoms with Gasteiger partial charge in [-0.2, -0.15) is 0 Å². The first-order valence-corrected chi connectivity index (χ1v) is 9.71. The van der Waals surface area contributed by atoms with Crippen LogP contribution >= 0.6 is 0 Å². The molecule has 2 fully saturated rings. The van der Waals surface area contributed by atoms with Gasteiger partial charge in [0, 0.05) is 57.9 Å². The van der Waals surface area contributed by atoms with Crippen LogP contribution in [-0.2, 0) is 14.4 Å². The summed E-state index contributed by atoms with van der Waals surface area (Å²) < 4.78 is 0. The van der Waals surface area contributed by atoms with Gasteiger partial charge in [-0.25, -0.2) is 0 Å². The summed E-state index contributed by atoms with van der Waals surface area (Å²) in [5.74, 6) is -0.827. The molecule has 0 bridgehead atoms. The highest BCUT2D eigenvalue weighted by Crippen LogP contribution is 2.17. The first-order chi connectivity index (χ1) is 13.0. The Kier molecular flexibility index (Phi) is 6.32. The minimum absolute atomic E-state index is 0.184. The lowest BCUT2D eigenvalue weighted by Crippen LogP contribution is -2.52. The fourth-order valence-corrected chi connectivity index (χ4v) is 3.62. The molecule has 7 heteroatoms. The number of hydrogen-bond acceptors (Lipinski definition) is 4. The third-order valence-electron chi connectivity index (χ3n) is 5.19. The molecule has 0 spiro atoms. The van der Waals surface area contributed by atoms with Crippen LogP contribution in [0.1, 0.15) is 24.8 Å². The molecule has 0 aliphatic carbocycles. The summed E-state index contributed by atoms with van der Waals surface area (Å²) >= 11 is 0. The van der Waals surface area contributed by atoms with Crippen LogP contribution < -0.4 is 10.2 Å². The van der Waals surface area contributed by atoms with E-state index in [-0.39, 0.29) is 5.91 Å². The minimum Gasteiger partial charge on any atom is -0.368 e. The molecule has 2 saturated heterocycles. The van der Waals surface area contributed by atoms with E-state index in [0.29, 0.717) is 39.0 Å². The van der Waals surface area contributed by atoms with Gasteiger partial charge < -0.3 is 20.0 Å². The lowest BCUT2D eigenvalue weighted by Gasteiger charge is -2.35. The number of piperazine rings is 1. The van der Waals surface area contributed by atoms with Crippen LogP contribution in [0.15, 0.2) is 24.3 Å². The van der Waals surface area contributed by atoms with Crippen LogP contribution in [0.2, 0.25) is 0 Å². The summed E-state index contributed by atoms with van der Waals surface area (Å²) in [4.78, 5) is 41.6. The van der Waals surface area contributed by atoms with E-state index < -0.39 is 11.8 Å². The molecule has 7 nitrogen and oxygen atoms in total. The highest BCUT2D eigenvalue weighted by molar-refractivity contribution is 6.35. The van der Waals surface area contributed by atoms with Crippen LogP contribution in [-0.4, -0.2) is 73.3 Å². The molecule has 0 atom stereocenters. The molecule has 0 radical (unpaired) electrons. The van der Waals surface area contributed by atoms with Crippen LogP contribution in [0.4, 0.5) is 5.69 Å². The maximum Gasteiger partial charge on any atom is 0.312 e. The van der Waals surface area contributed by atoms with E-state index in [2.05, 4.69) is 35.3 Å². The Bertz CT molecular complexity index is 698. The second-order valence-corrected chi connectivity index (χ2v) is 7.21. The third-order valence-corrected chi connectivity index (χ3v) is 5.19. The van der Waals surface area contributed by atoms with Crippen LogP contribution in [0.5, 0.6) is 0 Å². The number of anilines is 1. The number of benzene rings is 1. The van der Waals surface area contributed by atoms with Crippen molar-refractivity contribution in [2.45, 2.75) is 26.2 Å². The average Bonchev–Trinajstić information content (AvgIpc) is 3.09. The first kappa shape index (κ1) is 19.2. The second kappa shape index (κ2) is 8.88. The van der Waals surface area contributed by atoms with E-state index in [1.54, 1.807) is 4.90 Å². The Labute approximate surface area is 160 Å². The summed E-state index contributed by atoms with van der Waals surface area (Å²) in [7, 11) is 0. The SMILES string of the molecule is Cc1cccc(N2CCN(C(=O)C(=O)NCCCN3CCCC3=O)CC2)c1. The van der Waals surface area contributed by atoms with Crippen LogP contribution in [0.25, 0.3) is 0 Å². The quantitative estimate of drug-likeness (QED) is 0.612. The van der Waals surface area contributed by atoms with E-state index in [4.69, 9.17) is 0 Å². The molecule has 1 N–H and O–H groups in total. The van der Waals surface area contributed by atoms with Gasteiger partial charge in [-0.1, -0.05) is 12.1 Å². The summed E-state index contributed by atoms with van der Waals surface area (Å²) in [5, 5.41) is 2.69. The summed E-state index contributed by atoms with van der Waals surface area (Å²) in [6.45, 7) is 6.45. The normalized spacial score (nSPS) is 17.4. The van der Waals surface area contributed by atoms with Gasteiger partial charge in [0.1, 0.15) is 0 Å². The Morgan fingerprint density at radius 3 is 2.56 bits per heavy atom. The average molecular weight is 372 g/mol. The maximum atomic E-state index is 12.3. The fraction of sp³-hybridized carbons (Fsp3) is 0.550. The molecular formula is C20H28N4O3. The molecule has 2 aliphatic rings. The van der Waals surface area contributed by atoms with Gasteiger partial charge in [-0.15, -0.1) is 0 Å². The van der Waals surface area contributed by atoms with E-state index in [1.807, 2.05) is 11.0 Å². The lowest BCUT2D eigenvalue weighted by atomic mass is 10.2. The Morgan fingerprint density at radius 1 is 1.11 bits per heavy atom. The van der Waals surface area contributed by atoms with E-state index >= 15 is 0 Å². The molecule has 1 aromatic rings. The first-order valence-electron chi connectivity index (χ1n) is 9.71. The summed E-state index contributed by atoms with van der Waals surface area (Å²) in [6, 6.07) is 8.30. The lowest BCUT2D eigenvalue weighted by molar-refractivity contribution is -0.146. The van der Waals surface area contributed by atoms with Crippen molar-refractivity contribution in [3.8, 4) is 0 Å². The molecule has 2 aliphatic heterocycles. The highest BCUT2D eigenvalue weighted by Gasteiger charge is 2.26. The maximum absolute atomic E-state index is 12.3. The van der Waals surface area contributed by atoms with E-state index in [1.165, 1.54) is 5.56 Å². The van der Waals surface area contributed by atoms with Gasteiger partial charge in [-0.05, 0) is 37.5 Å². The van der Waals surface area contributed by atoms with Crippen LogP contribution in [0, 0.1) is 6.92 Å². The fourth-order valence-electron chi connectivity index (χ4n) is 3.62. The van der Waals surface area contributed by atoms with Gasteiger partial charge in [0.15, 0.2) is 0 Å². The number of amides is 3. The molecule has 146 valence electrons. The van der Waals surface area contributed by atoms with Crippen molar-refractivity contribution in [3.63, 3.8) is 0 Å². The largest absolute Gasteiger partial charge is 0.368 e. The molecule has 3 amide bonds. The number of aryl methyl sites for hydroxylation is 1. The van der Waals surface area contributed by atoms with Crippen molar-refractivity contribution in [1.82, 2.24) is 15.1 Å². The zero-order valence-corrected chi connectivity index (χ0v) is 15.9. The molecule has 1 aromatic carbocycles. The van der Waals surface area contributed by atoms with Gasteiger partial charge >= 0.3 is 11.8 Å². The Balaban J connectivity index is 1.38. The number of carbonyl (C=O) groups is 3. The number of rotatable bonds is 5. The zero-order chi connectivity index (χ0) is 19.2. The smallest absolute Gasteiger partial charge is 0.312 e. The molecule has 3 rings (SSSR count).